The molecular formula is C10H14N2. The van der Waals surface area contributed by atoms with Gasteiger partial charge in [-0.2, -0.15) is 0 Å². The second kappa shape index (κ2) is 3.81. The van der Waals surface area contributed by atoms with E-state index >= 15 is 0 Å². The minimum atomic E-state index is 0.745. The Hall–Kier alpha value is -1.44. The molecule has 1 rings (SSSR count). The Morgan fingerprint density at radius 1 is 1.58 bits per heavy atom. The standard InChI is InChI=1S/C10H14N2/c1-3-7-12-10-8(2)5-4-6-9(10)11/h3-6,12H,1,7,11H2,2H3. The molecule has 1 aromatic carbocycles. The highest BCUT2D eigenvalue weighted by atomic mass is 14.9. The Labute approximate surface area is 73.1 Å². The van der Waals surface area contributed by atoms with Crippen LogP contribution in [0.5, 0.6) is 0 Å². The van der Waals surface area contributed by atoms with E-state index in [0.717, 1.165) is 23.5 Å². The minimum absolute atomic E-state index is 0.745. The minimum Gasteiger partial charge on any atom is -0.397 e. The molecule has 0 aliphatic carbocycles. The maximum absolute atomic E-state index is 5.77. The zero-order valence-electron chi connectivity index (χ0n) is 7.30. The maximum atomic E-state index is 5.77. The van der Waals surface area contributed by atoms with E-state index in [1.807, 2.05) is 31.2 Å². The second-order valence-corrected chi connectivity index (χ2v) is 2.71. The maximum Gasteiger partial charge on any atom is 0.0606 e. The summed E-state index contributed by atoms with van der Waals surface area (Å²) in [6.07, 6.45) is 1.81. The SMILES string of the molecule is C=CCNc1c(C)cccc1N. The van der Waals surface area contributed by atoms with E-state index in [-0.39, 0.29) is 0 Å². The number of anilines is 2. The molecule has 64 valence electrons. The van der Waals surface area contributed by atoms with Crippen molar-refractivity contribution in [2.45, 2.75) is 6.92 Å². The van der Waals surface area contributed by atoms with E-state index in [9.17, 15) is 0 Å². The molecular weight excluding hydrogens is 148 g/mol. The molecule has 2 nitrogen and oxygen atoms in total. The summed E-state index contributed by atoms with van der Waals surface area (Å²) in [5, 5.41) is 3.19. The van der Waals surface area contributed by atoms with E-state index in [4.69, 9.17) is 5.73 Å². The number of rotatable bonds is 3. The Balaban J connectivity index is 2.88. The van der Waals surface area contributed by atoms with Gasteiger partial charge in [-0.1, -0.05) is 18.2 Å². The molecule has 1 aromatic rings. The summed E-state index contributed by atoms with van der Waals surface area (Å²) in [5.41, 5.74) is 8.73. The number of para-hydroxylation sites is 1. The number of nitrogen functional groups attached to an aromatic ring is 1. The van der Waals surface area contributed by atoms with E-state index in [2.05, 4.69) is 11.9 Å². The van der Waals surface area contributed by atoms with Crippen LogP contribution in [-0.2, 0) is 0 Å². The van der Waals surface area contributed by atoms with E-state index in [0.29, 0.717) is 0 Å². The molecule has 0 saturated carbocycles. The molecule has 0 radical (unpaired) electrons. The Morgan fingerprint density at radius 2 is 2.33 bits per heavy atom. The van der Waals surface area contributed by atoms with Gasteiger partial charge in [-0.15, -0.1) is 6.58 Å². The summed E-state index contributed by atoms with van der Waals surface area (Å²) in [6.45, 7) is 6.41. The Morgan fingerprint density at radius 3 is 2.92 bits per heavy atom. The summed E-state index contributed by atoms with van der Waals surface area (Å²) in [4.78, 5) is 0. The first-order chi connectivity index (χ1) is 5.75. The number of nitrogens with two attached hydrogens (primary N) is 1. The van der Waals surface area contributed by atoms with Crippen molar-refractivity contribution in [1.29, 1.82) is 0 Å². The normalized spacial score (nSPS) is 9.42. The van der Waals surface area contributed by atoms with E-state index in [1.165, 1.54) is 0 Å². The largest absolute Gasteiger partial charge is 0.397 e. The Bertz CT molecular complexity index is 259. The lowest BCUT2D eigenvalue weighted by molar-refractivity contribution is 1.31. The molecule has 0 fully saturated rings. The highest BCUT2D eigenvalue weighted by Crippen LogP contribution is 2.21. The van der Waals surface area contributed by atoms with Gasteiger partial charge in [0.2, 0.25) is 0 Å². The van der Waals surface area contributed by atoms with E-state index in [1.54, 1.807) is 0 Å². The first-order valence-corrected chi connectivity index (χ1v) is 3.95. The molecule has 0 spiro atoms. The predicted molar refractivity (Wildman–Crippen MR) is 54.3 cm³/mol. The fourth-order valence-electron chi connectivity index (χ4n) is 1.11. The fraction of sp³-hybridized carbons (Fsp3) is 0.200. The van der Waals surface area contributed by atoms with Crippen molar-refractivity contribution in [3.05, 3.63) is 36.4 Å². The van der Waals surface area contributed by atoms with Crippen LogP contribution in [0.3, 0.4) is 0 Å². The van der Waals surface area contributed by atoms with Crippen LogP contribution in [0.1, 0.15) is 5.56 Å². The molecule has 2 heteroatoms. The smallest absolute Gasteiger partial charge is 0.0606 e. The third-order valence-electron chi connectivity index (χ3n) is 1.73. The van der Waals surface area contributed by atoms with E-state index < -0.39 is 0 Å². The summed E-state index contributed by atoms with van der Waals surface area (Å²) in [6, 6.07) is 5.87. The average molecular weight is 162 g/mol. The zero-order chi connectivity index (χ0) is 8.97. The summed E-state index contributed by atoms with van der Waals surface area (Å²) < 4.78 is 0. The van der Waals surface area contributed by atoms with Crippen LogP contribution in [0.15, 0.2) is 30.9 Å². The first-order valence-electron chi connectivity index (χ1n) is 3.95. The first kappa shape index (κ1) is 8.65. The summed E-state index contributed by atoms with van der Waals surface area (Å²) in [5.74, 6) is 0. The lowest BCUT2D eigenvalue weighted by Crippen LogP contribution is -2.03. The molecule has 3 N–H and O–H groups in total. The van der Waals surface area contributed by atoms with Crippen LogP contribution in [0.25, 0.3) is 0 Å². The highest BCUT2D eigenvalue weighted by molar-refractivity contribution is 5.69. The van der Waals surface area contributed by atoms with Gasteiger partial charge in [0.15, 0.2) is 0 Å². The van der Waals surface area contributed by atoms with Gasteiger partial charge in [0.25, 0.3) is 0 Å². The zero-order valence-corrected chi connectivity index (χ0v) is 7.30. The van der Waals surface area contributed by atoms with Crippen molar-refractivity contribution in [2.24, 2.45) is 0 Å². The van der Waals surface area contributed by atoms with Crippen molar-refractivity contribution in [2.75, 3.05) is 17.6 Å². The van der Waals surface area contributed by atoms with Crippen LogP contribution >= 0.6 is 0 Å². The van der Waals surface area contributed by atoms with Crippen LogP contribution in [0.4, 0.5) is 11.4 Å². The van der Waals surface area contributed by atoms with Gasteiger partial charge in [-0.05, 0) is 18.6 Å². The van der Waals surface area contributed by atoms with Gasteiger partial charge >= 0.3 is 0 Å². The van der Waals surface area contributed by atoms with Gasteiger partial charge in [-0.3, -0.25) is 0 Å². The second-order valence-electron chi connectivity index (χ2n) is 2.71. The fourth-order valence-corrected chi connectivity index (χ4v) is 1.11. The lowest BCUT2D eigenvalue weighted by Gasteiger charge is -2.09. The molecule has 0 aromatic heterocycles. The molecule has 0 unspecified atom stereocenters. The molecule has 0 amide bonds. The van der Waals surface area contributed by atoms with Gasteiger partial charge in [0.05, 0.1) is 11.4 Å². The number of aryl methyl sites for hydroxylation is 1. The predicted octanol–water partition coefficient (Wildman–Crippen LogP) is 2.18. The molecule has 0 bridgehead atoms. The van der Waals surface area contributed by atoms with Crippen molar-refractivity contribution >= 4 is 11.4 Å². The van der Waals surface area contributed by atoms with Crippen LogP contribution < -0.4 is 11.1 Å². The third-order valence-corrected chi connectivity index (χ3v) is 1.73. The third kappa shape index (κ3) is 1.78. The van der Waals surface area contributed by atoms with Crippen molar-refractivity contribution < 1.29 is 0 Å². The lowest BCUT2D eigenvalue weighted by atomic mass is 10.1. The van der Waals surface area contributed by atoms with Gasteiger partial charge in [-0.25, -0.2) is 0 Å². The monoisotopic (exact) mass is 162 g/mol. The summed E-state index contributed by atoms with van der Waals surface area (Å²) in [7, 11) is 0. The molecule has 0 saturated heterocycles. The van der Waals surface area contributed by atoms with Gasteiger partial charge in [0.1, 0.15) is 0 Å². The van der Waals surface area contributed by atoms with Crippen LogP contribution in [0, 0.1) is 6.92 Å². The molecule has 12 heavy (non-hydrogen) atoms. The van der Waals surface area contributed by atoms with Gasteiger partial charge < -0.3 is 11.1 Å². The van der Waals surface area contributed by atoms with Crippen molar-refractivity contribution in [1.82, 2.24) is 0 Å². The van der Waals surface area contributed by atoms with Crippen molar-refractivity contribution in [3.8, 4) is 0 Å². The van der Waals surface area contributed by atoms with Gasteiger partial charge in [0, 0.05) is 6.54 Å². The molecule has 0 aliphatic heterocycles. The quantitative estimate of drug-likeness (QED) is 0.528. The van der Waals surface area contributed by atoms with Crippen LogP contribution in [0.2, 0.25) is 0 Å². The van der Waals surface area contributed by atoms with Crippen molar-refractivity contribution in [3.63, 3.8) is 0 Å². The Kier molecular flexibility index (Phi) is 2.75. The molecule has 0 atom stereocenters. The highest BCUT2D eigenvalue weighted by Gasteiger charge is 1.98. The number of benzene rings is 1. The number of nitrogens with one attached hydrogen (secondary N) is 1. The number of hydrogen-bond acceptors (Lipinski definition) is 2. The molecule has 0 aliphatic rings. The topological polar surface area (TPSA) is 38.0 Å². The van der Waals surface area contributed by atoms with Crippen LogP contribution in [-0.4, -0.2) is 6.54 Å². The summed E-state index contributed by atoms with van der Waals surface area (Å²) >= 11 is 0. The number of hydrogen-bond donors (Lipinski definition) is 2. The molecule has 0 heterocycles. The average Bonchev–Trinajstić information content (AvgIpc) is 2.04.